The fourth-order valence-corrected chi connectivity index (χ4v) is 2.74. The van der Waals surface area contributed by atoms with E-state index in [0.717, 1.165) is 11.3 Å². The van der Waals surface area contributed by atoms with Crippen LogP contribution in [-0.4, -0.2) is 48.0 Å². The van der Waals surface area contributed by atoms with E-state index in [4.69, 9.17) is 4.74 Å². The summed E-state index contributed by atoms with van der Waals surface area (Å²) in [5.74, 6) is 1.76. The van der Waals surface area contributed by atoms with Crippen LogP contribution in [-0.2, 0) is 9.59 Å². The molecular weight excluding hydrogens is 276 g/mol. The summed E-state index contributed by atoms with van der Waals surface area (Å²) in [6.45, 7) is 2.98. The van der Waals surface area contributed by atoms with Crippen LogP contribution in [0.25, 0.3) is 0 Å². The second kappa shape index (κ2) is 7.19. The molecule has 1 aliphatic heterocycles. The first kappa shape index (κ1) is 14.7. The lowest BCUT2D eigenvalue weighted by Crippen LogP contribution is -2.39. The van der Waals surface area contributed by atoms with Crippen LogP contribution in [0.5, 0.6) is 5.75 Å². The Morgan fingerprint density at radius 1 is 1.50 bits per heavy atom. The molecule has 1 aromatic carbocycles. The Morgan fingerprint density at radius 3 is 3.05 bits per heavy atom. The van der Waals surface area contributed by atoms with E-state index < -0.39 is 0 Å². The Bertz CT molecular complexity index is 493. The molecule has 1 heterocycles. The van der Waals surface area contributed by atoms with Crippen molar-refractivity contribution in [3.05, 3.63) is 29.8 Å². The second-order valence-corrected chi connectivity index (χ2v) is 5.54. The topological polar surface area (TPSA) is 58.6 Å². The van der Waals surface area contributed by atoms with Gasteiger partial charge in [0, 0.05) is 0 Å². The van der Waals surface area contributed by atoms with E-state index in [9.17, 15) is 9.59 Å². The molecule has 1 aliphatic rings. The first-order valence-electron chi connectivity index (χ1n) is 6.47. The van der Waals surface area contributed by atoms with Gasteiger partial charge in [-0.25, -0.2) is 0 Å². The molecule has 0 saturated carbocycles. The Hall–Kier alpha value is -1.69. The van der Waals surface area contributed by atoms with Crippen LogP contribution in [0.3, 0.4) is 0 Å². The molecule has 0 radical (unpaired) electrons. The number of hydrogen-bond acceptors (Lipinski definition) is 4. The van der Waals surface area contributed by atoms with Crippen LogP contribution >= 0.6 is 11.8 Å². The highest BCUT2D eigenvalue weighted by atomic mass is 32.2. The number of carbonyl (C=O) groups is 2. The van der Waals surface area contributed by atoms with E-state index in [0.29, 0.717) is 24.8 Å². The Balaban J connectivity index is 1.63. The number of nitrogens with zero attached hydrogens (tertiary/aromatic N) is 1. The van der Waals surface area contributed by atoms with Gasteiger partial charge in [-0.05, 0) is 24.6 Å². The summed E-state index contributed by atoms with van der Waals surface area (Å²) in [6.07, 6.45) is 0. The van der Waals surface area contributed by atoms with Gasteiger partial charge in [0.15, 0.2) is 0 Å². The summed E-state index contributed by atoms with van der Waals surface area (Å²) in [5.41, 5.74) is 1.14. The molecule has 2 rings (SSSR count). The van der Waals surface area contributed by atoms with Crippen molar-refractivity contribution in [2.45, 2.75) is 6.92 Å². The lowest BCUT2D eigenvalue weighted by Gasteiger charge is -2.14. The highest BCUT2D eigenvalue weighted by Crippen LogP contribution is 2.14. The molecule has 0 spiro atoms. The zero-order chi connectivity index (χ0) is 14.4. The first-order chi connectivity index (χ1) is 9.65. The number of rotatable bonds is 6. The number of thioether (sulfide) groups is 1. The van der Waals surface area contributed by atoms with Crippen LogP contribution in [0.15, 0.2) is 24.3 Å². The number of amides is 2. The molecular formula is C14H18N2O3S. The highest BCUT2D eigenvalue weighted by Gasteiger charge is 2.22. The highest BCUT2D eigenvalue weighted by molar-refractivity contribution is 8.00. The summed E-state index contributed by atoms with van der Waals surface area (Å²) in [4.78, 5) is 24.6. The Kier molecular flexibility index (Phi) is 5.29. The van der Waals surface area contributed by atoms with E-state index in [2.05, 4.69) is 5.32 Å². The van der Waals surface area contributed by atoms with Crippen LogP contribution in [0.1, 0.15) is 5.56 Å². The van der Waals surface area contributed by atoms with E-state index in [1.165, 1.54) is 11.8 Å². The molecule has 0 aromatic heterocycles. The number of aryl methyl sites for hydroxylation is 1. The van der Waals surface area contributed by atoms with Crippen molar-refractivity contribution in [1.82, 2.24) is 10.2 Å². The van der Waals surface area contributed by atoms with Crippen molar-refractivity contribution in [3.8, 4) is 5.75 Å². The third-order valence-corrected chi connectivity index (χ3v) is 3.79. The zero-order valence-corrected chi connectivity index (χ0v) is 12.2. The van der Waals surface area contributed by atoms with Gasteiger partial charge in [0.25, 0.3) is 0 Å². The molecule has 20 heavy (non-hydrogen) atoms. The van der Waals surface area contributed by atoms with Gasteiger partial charge in [0.2, 0.25) is 11.8 Å². The molecule has 0 unspecified atom stereocenters. The van der Waals surface area contributed by atoms with Gasteiger partial charge in [-0.3, -0.25) is 9.59 Å². The molecule has 0 aliphatic carbocycles. The molecule has 0 atom stereocenters. The maximum absolute atomic E-state index is 11.6. The molecule has 108 valence electrons. The fraction of sp³-hybridized carbons (Fsp3) is 0.429. The number of carbonyl (C=O) groups excluding carboxylic acids is 2. The normalized spacial score (nSPS) is 14.4. The van der Waals surface area contributed by atoms with Crippen molar-refractivity contribution in [2.24, 2.45) is 0 Å². The smallest absolute Gasteiger partial charge is 0.239 e. The average Bonchev–Trinajstić information content (AvgIpc) is 2.80. The molecule has 1 saturated heterocycles. The number of ether oxygens (including phenoxy) is 1. The standard InChI is InChI=1S/C14H18N2O3S/c1-11-3-2-4-12(7-11)19-6-5-15-13(17)8-16-10-20-9-14(16)18/h2-4,7H,5-6,8-10H2,1H3,(H,15,17). The zero-order valence-electron chi connectivity index (χ0n) is 11.4. The second-order valence-electron chi connectivity index (χ2n) is 4.58. The van der Waals surface area contributed by atoms with Crippen molar-refractivity contribution < 1.29 is 14.3 Å². The van der Waals surface area contributed by atoms with Crippen LogP contribution in [0, 0.1) is 6.92 Å². The van der Waals surface area contributed by atoms with Crippen molar-refractivity contribution >= 4 is 23.6 Å². The quantitative estimate of drug-likeness (QED) is 0.796. The van der Waals surface area contributed by atoms with Gasteiger partial charge >= 0.3 is 0 Å². The average molecular weight is 294 g/mol. The van der Waals surface area contributed by atoms with Gasteiger partial charge in [-0.1, -0.05) is 12.1 Å². The van der Waals surface area contributed by atoms with E-state index in [1.54, 1.807) is 4.90 Å². The molecule has 1 aromatic rings. The minimum absolute atomic E-state index is 0.0289. The minimum atomic E-state index is -0.145. The van der Waals surface area contributed by atoms with Crippen molar-refractivity contribution in [3.63, 3.8) is 0 Å². The molecule has 6 heteroatoms. The summed E-state index contributed by atoms with van der Waals surface area (Å²) in [7, 11) is 0. The van der Waals surface area contributed by atoms with Gasteiger partial charge in [0.1, 0.15) is 18.9 Å². The number of hydrogen-bond donors (Lipinski definition) is 1. The Morgan fingerprint density at radius 2 is 2.35 bits per heavy atom. The summed E-state index contributed by atoms with van der Waals surface area (Å²) in [5, 5.41) is 2.75. The molecule has 1 N–H and O–H groups in total. The van der Waals surface area contributed by atoms with Gasteiger partial charge in [0.05, 0.1) is 18.2 Å². The van der Waals surface area contributed by atoms with Crippen LogP contribution in [0.4, 0.5) is 0 Å². The minimum Gasteiger partial charge on any atom is -0.492 e. The molecule has 1 fully saturated rings. The predicted molar refractivity (Wildman–Crippen MR) is 78.7 cm³/mol. The first-order valence-corrected chi connectivity index (χ1v) is 7.62. The fourth-order valence-electron chi connectivity index (χ4n) is 1.83. The van der Waals surface area contributed by atoms with Crippen molar-refractivity contribution in [1.29, 1.82) is 0 Å². The van der Waals surface area contributed by atoms with E-state index in [-0.39, 0.29) is 18.4 Å². The third kappa shape index (κ3) is 4.45. The van der Waals surface area contributed by atoms with Crippen molar-refractivity contribution in [2.75, 3.05) is 31.3 Å². The number of nitrogens with one attached hydrogen (secondary N) is 1. The molecule has 0 bridgehead atoms. The van der Waals surface area contributed by atoms with Gasteiger partial charge in [-0.2, -0.15) is 0 Å². The Labute approximate surface area is 122 Å². The largest absolute Gasteiger partial charge is 0.492 e. The molecule has 5 nitrogen and oxygen atoms in total. The maximum Gasteiger partial charge on any atom is 0.239 e. The van der Waals surface area contributed by atoms with Gasteiger partial charge in [-0.15, -0.1) is 11.8 Å². The lowest BCUT2D eigenvalue weighted by atomic mass is 10.2. The third-order valence-electron chi connectivity index (χ3n) is 2.84. The lowest BCUT2D eigenvalue weighted by molar-refractivity contribution is -0.132. The summed E-state index contributed by atoms with van der Waals surface area (Å²) in [6, 6.07) is 7.76. The SMILES string of the molecule is Cc1cccc(OCCNC(=O)CN2CSCC2=O)c1. The maximum atomic E-state index is 11.6. The molecule has 2 amide bonds. The van der Waals surface area contributed by atoms with E-state index in [1.807, 2.05) is 31.2 Å². The number of benzene rings is 1. The monoisotopic (exact) mass is 294 g/mol. The summed E-state index contributed by atoms with van der Waals surface area (Å²) < 4.78 is 5.53. The van der Waals surface area contributed by atoms with E-state index >= 15 is 0 Å². The van der Waals surface area contributed by atoms with Crippen LogP contribution < -0.4 is 10.1 Å². The van der Waals surface area contributed by atoms with Gasteiger partial charge < -0.3 is 15.0 Å². The predicted octanol–water partition coefficient (Wildman–Crippen LogP) is 1.02. The van der Waals surface area contributed by atoms with Crippen LogP contribution in [0.2, 0.25) is 0 Å². The summed E-state index contributed by atoms with van der Waals surface area (Å²) >= 11 is 1.53.